The Balaban J connectivity index is 2.79. The molecule has 1 rings (SSSR count). The predicted molar refractivity (Wildman–Crippen MR) is 72.6 cm³/mol. The van der Waals surface area contributed by atoms with Crippen LogP contribution in [0.25, 0.3) is 0 Å². The zero-order chi connectivity index (χ0) is 14.3. The van der Waals surface area contributed by atoms with Crippen LogP contribution in [0.15, 0.2) is 12.4 Å². The first-order valence-electron chi connectivity index (χ1n) is 6.30. The Morgan fingerprint density at radius 1 is 1.58 bits per heavy atom. The molecule has 0 spiro atoms. The average molecular weight is 261 g/mol. The van der Waals surface area contributed by atoms with Gasteiger partial charge in [0, 0.05) is 19.6 Å². The van der Waals surface area contributed by atoms with Gasteiger partial charge >= 0.3 is 0 Å². The lowest BCUT2D eigenvalue weighted by Gasteiger charge is -2.22. The van der Waals surface area contributed by atoms with Crippen LogP contribution in [0.1, 0.15) is 37.2 Å². The highest BCUT2D eigenvalue weighted by atomic mass is 16.2. The molecular formula is C13H19N5O. The number of nitrogens with zero attached hydrogens (tertiary/aromatic N) is 4. The van der Waals surface area contributed by atoms with Gasteiger partial charge in [-0.15, -0.1) is 0 Å². The average Bonchev–Trinajstić information content (AvgIpc) is 2.44. The Bertz CT molecular complexity index is 468. The Hall–Kier alpha value is -2.16. The van der Waals surface area contributed by atoms with Crippen LogP contribution in [0.4, 0.5) is 5.82 Å². The fraction of sp³-hybridized carbons (Fsp3) is 0.538. The molecule has 0 saturated heterocycles. The fourth-order valence-electron chi connectivity index (χ4n) is 1.46. The van der Waals surface area contributed by atoms with Crippen LogP contribution in [0.5, 0.6) is 0 Å². The molecule has 1 heterocycles. The summed E-state index contributed by atoms with van der Waals surface area (Å²) in [6.07, 6.45) is 4.29. The van der Waals surface area contributed by atoms with Crippen molar-refractivity contribution in [3.63, 3.8) is 0 Å². The number of carbonyl (C=O) groups excluding carboxylic acids is 1. The fourth-order valence-corrected chi connectivity index (χ4v) is 1.46. The summed E-state index contributed by atoms with van der Waals surface area (Å²) < 4.78 is 0. The lowest BCUT2D eigenvalue weighted by Crippen LogP contribution is -2.35. The van der Waals surface area contributed by atoms with E-state index in [2.05, 4.69) is 21.4 Å². The number of nitrogens with one attached hydrogen (secondary N) is 1. The second kappa shape index (κ2) is 7.31. The second-order valence-electron chi connectivity index (χ2n) is 4.34. The minimum absolute atomic E-state index is 0.147. The topological polar surface area (TPSA) is 81.9 Å². The van der Waals surface area contributed by atoms with Crippen LogP contribution in [-0.2, 0) is 0 Å². The number of amides is 1. The maximum Gasteiger partial charge on any atom is 0.274 e. The van der Waals surface area contributed by atoms with Gasteiger partial charge in [0.25, 0.3) is 5.91 Å². The standard InChI is InChI=1S/C13H19N5O/c1-4-7-16-12-9-15-8-11(17-12)13(19)18(3)10(2)5-6-14/h8-10H,4-5,7H2,1-3H3,(H,16,17). The predicted octanol–water partition coefficient (Wildman–Crippen LogP) is 1.67. The smallest absolute Gasteiger partial charge is 0.274 e. The van der Waals surface area contributed by atoms with Crippen molar-refractivity contribution in [2.24, 2.45) is 0 Å². The molecule has 0 radical (unpaired) electrons. The largest absolute Gasteiger partial charge is 0.369 e. The maximum atomic E-state index is 12.2. The number of aromatic nitrogens is 2. The monoisotopic (exact) mass is 261 g/mol. The number of nitriles is 1. The van der Waals surface area contributed by atoms with Gasteiger partial charge in [-0.1, -0.05) is 6.92 Å². The first kappa shape index (κ1) is 14.9. The quantitative estimate of drug-likeness (QED) is 0.842. The molecule has 1 amide bonds. The van der Waals surface area contributed by atoms with Crippen molar-refractivity contribution in [3.8, 4) is 6.07 Å². The third kappa shape index (κ3) is 4.21. The molecule has 1 aromatic rings. The molecule has 6 nitrogen and oxygen atoms in total. The summed E-state index contributed by atoms with van der Waals surface area (Å²) in [5, 5.41) is 11.7. The van der Waals surface area contributed by atoms with Gasteiger partial charge in [0.1, 0.15) is 11.5 Å². The third-order valence-electron chi connectivity index (χ3n) is 2.78. The van der Waals surface area contributed by atoms with Gasteiger partial charge in [0.15, 0.2) is 0 Å². The highest BCUT2D eigenvalue weighted by Crippen LogP contribution is 2.08. The Morgan fingerprint density at radius 3 is 2.95 bits per heavy atom. The molecule has 0 bridgehead atoms. The van der Waals surface area contributed by atoms with Crippen molar-refractivity contribution in [2.75, 3.05) is 18.9 Å². The first-order chi connectivity index (χ1) is 9.10. The van der Waals surface area contributed by atoms with Crippen LogP contribution >= 0.6 is 0 Å². The number of carbonyl (C=O) groups is 1. The van der Waals surface area contributed by atoms with Gasteiger partial charge in [-0.3, -0.25) is 9.78 Å². The number of anilines is 1. The molecule has 0 aromatic carbocycles. The molecule has 1 atom stereocenters. The molecule has 0 aliphatic heterocycles. The van der Waals surface area contributed by atoms with E-state index in [-0.39, 0.29) is 17.6 Å². The number of hydrogen-bond acceptors (Lipinski definition) is 5. The summed E-state index contributed by atoms with van der Waals surface area (Å²) in [6, 6.07) is 1.91. The summed E-state index contributed by atoms with van der Waals surface area (Å²) in [4.78, 5) is 21.9. The molecule has 1 unspecified atom stereocenters. The summed E-state index contributed by atoms with van der Waals surface area (Å²) >= 11 is 0. The lowest BCUT2D eigenvalue weighted by molar-refractivity contribution is 0.0740. The second-order valence-corrected chi connectivity index (χ2v) is 4.34. The van der Waals surface area contributed by atoms with E-state index in [0.717, 1.165) is 13.0 Å². The van der Waals surface area contributed by atoms with E-state index < -0.39 is 0 Å². The van der Waals surface area contributed by atoms with Crippen molar-refractivity contribution in [1.29, 1.82) is 5.26 Å². The van der Waals surface area contributed by atoms with Crippen molar-refractivity contribution < 1.29 is 4.79 Å². The highest BCUT2D eigenvalue weighted by Gasteiger charge is 2.19. The summed E-state index contributed by atoms with van der Waals surface area (Å²) in [5.41, 5.74) is 0.286. The van der Waals surface area contributed by atoms with Crippen molar-refractivity contribution in [2.45, 2.75) is 32.7 Å². The maximum absolute atomic E-state index is 12.2. The summed E-state index contributed by atoms with van der Waals surface area (Å²) in [6.45, 7) is 4.66. The van der Waals surface area contributed by atoms with E-state index in [1.165, 1.54) is 11.1 Å². The molecule has 6 heteroatoms. The molecule has 102 valence electrons. The van der Waals surface area contributed by atoms with E-state index in [9.17, 15) is 4.79 Å². The van der Waals surface area contributed by atoms with Crippen LogP contribution in [0.2, 0.25) is 0 Å². The van der Waals surface area contributed by atoms with Crippen LogP contribution in [0, 0.1) is 11.3 Å². The van der Waals surface area contributed by atoms with Gasteiger partial charge in [-0.05, 0) is 13.3 Å². The van der Waals surface area contributed by atoms with Crippen molar-refractivity contribution >= 4 is 11.7 Å². The van der Waals surface area contributed by atoms with Crippen LogP contribution in [-0.4, -0.2) is 40.4 Å². The van der Waals surface area contributed by atoms with Crippen molar-refractivity contribution in [1.82, 2.24) is 14.9 Å². The normalized spacial score (nSPS) is 11.5. The van der Waals surface area contributed by atoms with E-state index >= 15 is 0 Å². The Kier molecular flexibility index (Phi) is 5.73. The van der Waals surface area contributed by atoms with Crippen molar-refractivity contribution in [3.05, 3.63) is 18.1 Å². The van der Waals surface area contributed by atoms with Gasteiger partial charge < -0.3 is 10.2 Å². The van der Waals surface area contributed by atoms with Crippen LogP contribution < -0.4 is 5.32 Å². The molecule has 0 aliphatic carbocycles. The summed E-state index contributed by atoms with van der Waals surface area (Å²) in [5.74, 6) is 0.365. The van der Waals surface area contributed by atoms with E-state index in [1.54, 1.807) is 13.2 Å². The highest BCUT2D eigenvalue weighted by molar-refractivity contribution is 5.92. The minimum Gasteiger partial charge on any atom is -0.369 e. The number of hydrogen-bond donors (Lipinski definition) is 1. The zero-order valence-corrected chi connectivity index (χ0v) is 11.6. The van der Waals surface area contributed by atoms with Gasteiger partial charge in [-0.2, -0.15) is 5.26 Å². The minimum atomic E-state index is -0.226. The first-order valence-corrected chi connectivity index (χ1v) is 6.30. The summed E-state index contributed by atoms with van der Waals surface area (Å²) in [7, 11) is 1.66. The molecule has 0 aliphatic rings. The number of rotatable bonds is 6. The molecule has 19 heavy (non-hydrogen) atoms. The Labute approximate surface area is 113 Å². The molecule has 0 saturated carbocycles. The van der Waals surface area contributed by atoms with Gasteiger partial charge in [0.2, 0.25) is 0 Å². The zero-order valence-electron chi connectivity index (χ0n) is 11.6. The Morgan fingerprint density at radius 2 is 2.32 bits per heavy atom. The molecule has 1 aromatic heterocycles. The van der Waals surface area contributed by atoms with Crippen LogP contribution in [0.3, 0.4) is 0 Å². The molecule has 0 fully saturated rings. The molecular weight excluding hydrogens is 242 g/mol. The SMILES string of the molecule is CCCNc1cncc(C(=O)N(C)C(C)CC#N)n1. The van der Waals surface area contributed by atoms with E-state index in [1.807, 2.05) is 13.8 Å². The van der Waals surface area contributed by atoms with Gasteiger partial charge in [-0.25, -0.2) is 4.98 Å². The lowest BCUT2D eigenvalue weighted by atomic mass is 10.2. The molecule has 1 N–H and O–H groups in total. The van der Waals surface area contributed by atoms with Gasteiger partial charge in [0.05, 0.1) is 24.9 Å². The van der Waals surface area contributed by atoms with E-state index in [4.69, 9.17) is 5.26 Å². The third-order valence-corrected chi connectivity index (χ3v) is 2.78. The van der Waals surface area contributed by atoms with E-state index in [0.29, 0.717) is 12.2 Å².